The van der Waals surface area contributed by atoms with Crippen molar-refractivity contribution in [2.24, 2.45) is 10.4 Å². The van der Waals surface area contributed by atoms with E-state index < -0.39 is 0 Å². The lowest BCUT2D eigenvalue weighted by Gasteiger charge is -2.32. The average molecular weight is 469 g/mol. The molecule has 1 fully saturated rings. The van der Waals surface area contributed by atoms with E-state index in [9.17, 15) is 9.59 Å². The predicted molar refractivity (Wildman–Crippen MR) is 109 cm³/mol. The second kappa shape index (κ2) is 11.4. The summed E-state index contributed by atoms with van der Waals surface area (Å²) in [5.74, 6) is 0.735. The van der Waals surface area contributed by atoms with Crippen molar-refractivity contribution in [2.75, 3.05) is 40.3 Å². The maximum atomic E-state index is 11.8. The second-order valence-electron chi connectivity index (χ2n) is 6.88. The van der Waals surface area contributed by atoms with Gasteiger partial charge in [0.25, 0.3) is 0 Å². The van der Waals surface area contributed by atoms with Crippen molar-refractivity contribution in [2.45, 2.75) is 39.7 Å². The minimum atomic E-state index is -0.381. The molecule has 0 aliphatic carbocycles. The third-order valence-electron chi connectivity index (χ3n) is 3.88. The lowest BCUT2D eigenvalue weighted by atomic mass is 9.96. The molecule has 0 aromatic heterocycles. The molecule has 9 heteroatoms. The Hall–Kier alpha value is -1.26. The molecule has 0 radical (unpaired) electrons. The van der Waals surface area contributed by atoms with Gasteiger partial charge in [-0.1, -0.05) is 20.8 Å². The molecule has 0 unspecified atom stereocenters. The molecule has 1 rings (SSSR count). The van der Waals surface area contributed by atoms with Crippen molar-refractivity contribution in [3.63, 3.8) is 0 Å². The number of ether oxygens (including phenoxy) is 1. The van der Waals surface area contributed by atoms with Crippen molar-refractivity contribution in [3.8, 4) is 0 Å². The number of rotatable bonds is 4. The highest BCUT2D eigenvalue weighted by molar-refractivity contribution is 14.0. The maximum absolute atomic E-state index is 11.8. The Balaban J connectivity index is 0.00000576. The minimum Gasteiger partial charge on any atom is -0.453 e. The highest BCUT2D eigenvalue weighted by atomic mass is 127. The Bertz CT molecular complexity index is 457. The molecular formula is C16H32IN5O3. The van der Waals surface area contributed by atoms with Gasteiger partial charge in [0.2, 0.25) is 5.91 Å². The molecule has 8 nitrogen and oxygen atoms in total. The number of nitrogens with zero attached hydrogens (tertiary/aromatic N) is 2. The lowest BCUT2D eigenvalue weighted by Crippen LogP contribution is -2.50. The van der Waals surface area contributed by atoms with Crippen LogP contribution in [0.2, 0.25) is 0 Å². The molecule has 1 saturated heterocycles. The standard InChI is InChI=1S/C16H31N5O3.HI/c1-16(2,3)13(22)18-8-9-19-14(17-4)20-12-6-10-21(11-7-12)15(23)24-5;/h12H,6-11H2,1-5H3,(H,18,22)(H2,17,19,20);1H. The molecule has 0 atom stereocenters. The van der Waals surface area contributed by atoms with Gasteiger partial charge in [0.1, 0.15) is 0 Å². The van der Waals surface area contributed by atoms with Crippen LogP contribution in [0.1, 0.15) is 33.6 Å². The normalized spacial score (nSPS) is 15.9. The van der Waals surface area contributed by atoms with Crippen LogP contribution in [0.5, 0.6) is 0 Å². The van der Waals surface area contributed by atoms with E-state index in [-0.39, 0.29) is 47.4 Å². The summed E-state index contributed by atoms with van der Waals surface area (Å²) in [5, 5.41) is 9.42. The topological polar surface area (TPSA) is 95.1 Å². The number of likely N-dealkylation sites (tertiary alicyclic amines) is 1. The first kappa shape index (κ1) is 23.7. The van der Waals surface area contributed by atoms with Gasteiger partial charge >= 0.3 is 6.09 Å². The molecule has 1 heterocycles. The molecule has 0 aromatic rings. The molecule has 0 bridgehead atoms. The molecule has 146 valence electrons. The number of guanidine groups is 1. The summed E-state index contributed by atoms with van der Waals surface area (Å²) in [4.78, 5) is 29.1. The van der Waals surface area contributed by atoms with Crippen LogP contribution in [0.25, 0.3) is 0 Å². The SMILES string of the molecule is CN=C(NCCNC(=O)C(C)(C)C)NC1CCN(C(=O)OC)CC1.I. The number of aliphatic imine (C=N–C) groups is 1. The Morgan fingerprint density at radius 3 is 2.20 bits per heavy atom. The van der Waals surface area contributed by atoms with Gasteiger partial charge in [-0.15, -0.1) is 24.0 Å². The van der Waals surface area contributed by atoms with Crippen LogP contribution in [0, 0.1) is 5.41 Å². The Morgan fingerprint density at radius 1 is 1.16 bits per heavy atom. The largest absolute Gasteiger partial charge is 0.453 e. The molecule has 1 aliphatic heterocycles. The number of halogens is 1. The van der Waals surface area contributed by atoms with Crippen LogP contribution in [0.4, 0.5) is 4.79 Å². The fourth-order valence-electron chi connectivity index (χ4n) is 2.35. The number of nitrogens with one attached hydrogen (secondary N) is 3. The van der Waals surface area contributed by atoms with Crippen LogP contribution >= 0.6 is 24.0 Å². The van der Waals surface area contributed by atoms with E-state index in [0.717, 1.165) is 12.8 Å². The van der Waals surface area contributed by atoms with Crippen LogP contribution in [-0.4, -0.2) is 69.2 Å². The Kier molecular flexibility index (Phi) is 10.8. The average Bonchev–Trinajstić information content (AvgIpc) is 2.56. The van der Waals surface area contributed by atoms with Crippen molar-refractivity contribution in [3.05, 3.63) is 0 Å². The van der Waals surface area contributed by atoms with Crippen molar-refractivity contribution < 1.29 is 14.3 Å². The number of carbonyl (C=O) groups is 2. The fraction of sp³-hybridized carbons (Fsp3) is 0.812. The smallest absolute Gasteiger partial charge is 0.409 e. The zero-order chi connectivity index (χ0) is 18.2. The molecule has 0 spiro atoms. The lowest BCUT2D eigenvalue weighted by molar-refractivity contribution is -0.128. The van der Waals surface area contributed by atoms with Gasteiger partial charge in [0, 0.05) is 44.7 Å². The molecular weight excluding hydrogens is 437 g/mol. The summed E-state index contributed by atoms with van der Waals surface area (Å²) in [7, 11) is 3.11. The van der Waals surface area contributed by atoms with E-state index >= 15 is 0 Å². The zero-order valence-corrected chi connectivity index (χ0v) is 18.2. The van der Waals surface area contributed by atoms with E-state index in [1.54, 1.807) is 11.9 Å². The molecule has 0 saturated carbocycles. The fourth-order valence-corrected chi connectivity index (χ4v) is 2.35. The van der Waals surface area contributed by atoms with Gasteiger partial charge < -0.3 is 25.6 Å². The second-order valence-corrected chi connectivity index (χ2v) is 6.88. The maximum Gasteiger partial charge on any atom is 0.409 e. The van der Waals surface area contributed by atoms with Gasteiger partial charge in [-0.25, -0.2) is 4.79 Å². The molecule has 2 amide bonds. The van der Waals surface area contributed by atoms with Gasteiger partial charge in [-0.05, 0) is 12.8 Å². The van der Waals surface area contributed by atoms with E-state index in [2.05, 4.69) is 20.9 Å². The first-order valence-corrected chi connectivity index (χ1v) is 8.36. The Morgan fingerprint density at radius 2 is 1.72 bits per heavy atom. The molecule has 0 aromatic carbocycles. The number of methoxy groups -OCH3 is 1. The van der Waals surface area contributed by atoms with Gasteiger partial charge in [0.15, 0.2) is 5.96 Å². The van der Waals surface area contributed by atoms with Crippen molar-refractivity contribution in [1.29, 1.82) is 0 Å². The molecule has 1 aliphatic rings. The first-order chi connectivity index (χ1) is 11.3. The van der Waals surface area contributed by atoms with Crippen LogP contribution in [0.15, 0.2) is 4.99 Å². The Labute approximate surface area is 167 Å². The number of carbonyl (C=O) groups excluding carboxylic acids is 2. The highest BCUT2D eigenvalue weighted by Crippen LogP contribution is 2.12. The summed E-state index contributed by atoms with van der Waals surface area (Å²) in [6, 6.07) is 0.265. The zero-order valence-electron chi connectivity index (χ0n) is 15.8. The summed E-state index contributed by atoms with van der Waals surface area (Å²) < 4.78 is 4.73. The van der Waals surface area contributed by atoms with E-state index in [4.69, 9.17) is 4.74 Å². The van der Waals surface area contributed by atoms with E-state index in [1.807, 2.05) is 20.8 Å². The van der Waals surface area contributed by atoms with Crippen LogP contribution in [-0.2, 0) is 9.53 Å². The van der Waals surface area contributed by atoms with Crippen LogP contribution in [0.3, 0.4) is 0 Å². The quantitative estimate of drug-likeness (QED) is 0.249. The van der Waals surface area contributed by atoms with Crippen molar-refractivity contribution in [1.82, 2.24) is 20.9 Å². The predicted octanol–water partition coefficient (Wildman–Crippen LogP) is 1.16. The summed E-state index contributed by atoms with van der Waals surface area (Å²) in [5.41, 5.74) is -0.381. The van der Waals surface area contributed by atoms with Gasteiger partial charge in [-0.3, -0.25) is 9.79 Å². The first-order valence-electron chi connectivity index (χ1n) is 8.36. The highest BCUT2D eigenvalue weighted by Gasteiger charge is 2.24. The van der Waals surface area contributed by atoms with E-state index in [0.29, 0.717) is 32.1 Å². The van der Waals surface area contributed by atoms with E-state index in [1.165, 1.54) is 7.11 Å². The third kappa shape index (κ3) is 8.59. The van der Waals surface area contributed by atoms with Gasteiger partial charge in [-0.2, -0.15) is 0 Å². The van der Waals surface area contributed by atoms with Crippen molar-refractivity contribution >= 4 is 41.9 Å². The number of hydrogen-bond donors (Lipinski definition) is 3. The van der Waals surface area contributed by atoms with Gasteiger partial charge in [0.05, 0.1) is 7.11 Å². The molecule has 25 heavy (non-hydrogen) atoms. The monoisotopic (exact) mass is 469 g/mol. The van der Waals surface area contributed by atoms with Crippen LogP contribution < -0.4 is 16.0 Å². The number of amides is 2. The number of piperidine rings is 1. The summed E-state index contributed by atoms with van der Waals surface area (Å²) >= 11 is 0. The molecule has 3 N–H and O–H groups in total. The third-order valence-corrected chi connectivity index (χ3v) is 3.88. The minimum absolute atomic E-state index is 0. The summed E-state index contributed by atoms with van der Waals surface area (Å²) in [6.45, 7) is 8.14. The summed E-state index contributed by atoms with van der Waals surface area (Å²) in [6.07, 6.45) is 1.41. The number of hydrogen-bond acceptors (Lipinski definition) is 4.